The fourth-order valence-corrected chi connectivity index (χ4v) is 3.68. The summed E-state index contributed by atoms with van der Waals surface area (Å²) in [7, 11) is -1.18. The van der Waals surface area contributed by atoms with E-state index < -0.39 is 9.04 Å². The zero-order valence-corrected chi connectivity index (χ0v) is 16.0. The highest BCUT2D eigenvalue weighted by Crippen LogP contribution is 2.33. The van der Waals surface area contributed by atoms with Crippen molar-refractivity contribution < 1.29 is 4.43 Å². The van der Waals surface area contributed by atoms with Gasteiger partial charge in [-0.1, -0.05) is 37.0 Å². The fraction of sp³-hybridized carbons (Fsp3) is 0.600. The van der Waals surface area contributed by atoms with E-state index in [0.29, 0.717) is 15.7 Å². The predicted molar refractivity (Wildman–Crippen MR) is 96.0 cm³/mol. The van der Waals surface area contributed by atoms with Crippen LogP contribution in [0, 0.1) is 0 Å². The molecule has 120 valence electrons. The maximum absolute atomic E-state index is 6.20. The third-order valence-electron chi connectivity index (χ3n) is 3.32. The van der Waals surface area contributed by atoms with Crippen molar-refractivity contribution in [3.05, 3.63) is 27.7 Å². The van der Waals surface area contributed by atoms with Crippen molar-refractivity contribution in [2.75, 3.05) is 25.4 Å². The molecule has 3 nitrogen and oxygen atoms in total. The third kappa shape index (κ3) is 5.79. The van der Waals surface area contributed by atoms with Gasteiger partial charge < -0.3 is 15.1 Å². The van der Waals surface area contributed by atoms with Gasteiger partial charge in [-0.3, -0.25) is 0 Å². The van der Waals surface area contributed by atoms with E-state index >= 15 is 0 Å². The number of rotatable bonds is 8. The second-order valence-electron chi connectivity index (χ2n) is 5.46. The Bertz CT molecular complexity index is 434. The van der Waals surface area contributed by atoms with Gasteiger partial charge in [0.05, 0.1) is 21.8 Å². The lowest BCUT2D eigenvalue weighted by Crippen LogP contribution is -2.32. The van der Waals surface area contributed by atoms with Crippen LogP contribution in [0.3, 0.4) is 0 Å². The number of anilines is 1. The molecule has 0 aliphatic rings. The first-order chi connectivity index (χ1) is 9.88. The Morgan fingerprint density at radius 3 is 2.24 bits per heavy atom. The van der Waals surface area contributed by atoms with E-state index in [2.05, 4.69) is 31.8 Å². The molecule has 0 amide bonds. The van der Waals surface area contributed by atoms with Crippen molar-refractivity contribution in [1.82, 2.24) is 4.90 Å². The molecule has 0 fully saturated rings. The molecule has 1 rings (SSSR count). The lowest BCUT2D eigenvalue weighted by molar-refractivity contribution is 0.137. The van der Waals surface area contributed by atoms with E-state index in [4.69, 9.17) is 33.4 Å². The van der Waals surface area contributed by atoms with Crippen LogP contribution in [0.2, 0.25) is 23.1 Å². The van der Waals surface area contributed by atoms with E-state index in [1.54, 1.807) is 0 Å². The van der Waals surface area contributed by atoms with Crippen molar-refractivity contribution in [3.63, 3.8) is 0 Å². The normalized spacial score (nSPS) is 13.1. The maximum atomic E-state index is 6.20. The number of likely N-dealkylation sites (N-methyl/N-ethyl adjacent to an activating group) is 1. The summed E-state index contributed by atoms with van der Waals surface area (Å²) in [6.45, 7) is 11.6. The molecule has 1 atom stereocenters. The number of hydrogen-bond acceptors (Lipinski definition) is 3. The van der Waals surface area contributed by atoms with E-state index in [1.165, 1.54) is 0 Å². The molecule has 0 radical (unpaired) electrons. The zero-order chi connectivity index (χ0) is 16.0. The number of halogens is 2. The minimum atomic E-state index is -1.18. The molecule has 0 aromatic heterocycles. The summed E-state index contributed by atoms with van der Waals surface area (Å²) >= 11 is 12.3. The Balaban J connectivity index is 3.01. The van der Waals surface area contributed by atoms with Crippen LogP contribution in [0.25, 0.3) is 0 Å². The predicted octanol–water partition coefficient (Wildman–Crippen LogP) is 4.35. The topological polar surface area (TPSA) is 38.5 Å². The van der Waals surface area contributed by atoms with Crippen LogP contribution < -0.4 is 5.73 Å². The van der Waals surface area contributed by atoms with Gasteiger partial charge in [-0.05, 0) is 50.3 Å². The van der Waals surface area contributed by atoms with Gasteiger partial charge >= 0.3 is 0 Å². The van der Waals surface area contributed by atoms with Crippen LogP contribution >= 0.6 is 23.2 Å². The highest BCUT2D eigenvalue weighted by Gasteiger charge is 2.19. The van der Waals surface area contributed by atoms with Gasteiger partial charge in [0.25, 0.3) is 0 Å². The molecule has 0 bridgehead atoms. The van der Waals surface area contributed by atoms with Gasteiger partial charge in [0, 0.05) is 6.54 Å². The molecule has 0 aliphatic heterocycles. The van der Waals surface area contributed by atoms with Crippen molar-refractivity contribution in [3.8, 4) is 0 Å². The highest BCUT2D eigenvalue weighted by molar-refractivity contribution is 6.48. The number of benzene rings is 1. The van der Waals surface area contributed by atoms with Crippen LogP contribution in [-0.4, -0.2) is 33.6 Å². The Morgan fingerprint density at radius 2 is 1.81 bits per heavy atom. The standard InChI is InChI=1S/C15H26Cl2N2OSi/c1-5-7-19(6-2)10-14(20-21(3)4)11-8-12(16)15(18)13(17)9-11/h8-9,14,21H,5-7,10,18H2,1-4H3. The van der Waals surface area contributed by atoms with E-state index in [0.717, 1.165) is 31.6 Å². The molecular weight excluding hydrogens is 323 g/mol. The van der Waals surface area contributed by atoms with Crippen molar-refractivity contribution in [2.24, 2.45) is 0 Å². The second-order valence-corrected chi connectivity index (χ2v) is 8.65. The number of nitrogens with zero attached hydrogens (tertiary/aromatic N) is 1. The molecule has 1 unspecified atom stereocenters. The van der Waals surface area contributed by atoms with Crippen LogP contribution in [0.4, 0.5) is 5.69 Å². The van der Waals surface area contributed by atoms with Gasteiger partial charge in [0.1, 0.15) is 0 Å². The molecule has 1 aromatic rings. The Morgan fingerprint density at radius 1 is 1.24 bits per heavy atom. The minimum absolute atomic E-state index is 0.00114. The number of nitrogen functional groups attached to an aromatic ring is 1. The van der Waals surface area contributed by atoms with Crippen molar-refractivity contribution in [2.45, 2.75) is 39.5 Å². The van der Waals surface area contributed by atoms with Crippen LogP contribution in [0.15, 0.2) is 12.1 Å². The lowest BCUT2D eigenvalue weighted by Gasteiger charge is -2.28. The molecule has 0 aliphatic carbocycles. The smallest absolute Gasteiger partial charge is 0.171 e. The summed E-state index contributed by atoms with van der Waals surface area (Å²) in [5.41, 5.74) is 7.26. The molecular formula is C15H26Cl2N2OSi. The quantitative estimate of drug-likeness (QED) is 0.560. The van der Waals surface area contributed by atoms with E-state index in [1.807, 2.05) is 12.1 Å². The summed E-state index contributed by atoms with van der Waals surface area (Å²) in [6, 6.07) is 3.76. The molecule has 21 heavy (non-hydrogen) atoms. The first-order valence-corrected chi connectivity index (χ1v) is 11.0. The Labute approximate surface area is 140 Å². The number of nitrogens with two attached hydrogens (primary N) is 1. The summed E-state index contributed by atoms with van der Waals surface area (Å²) in [4.78, 5) is 2.39. The Kier molecular flexibility index (Phi) is 8.06. The van der Waals surface area contributed by atoms with Gasteiger partial charge in [0.2, 0.25) is 0 Å². The summed E-state index contributed by atoms with van der Waals surface area (Å²) in [6.07, 6.45) is 1.13. The first-order valence-electron chi connectivity index (χ1n) is 7.51. The SMILES string of the molecule is CCCN(CC)CC(O[SiH](C)C)c1cc(Cl)c(N)c(Cl)c1. The van der Waals surface area contributed by atoms with Gasteiger partial charge in [-0.25, -0.2) is 0 Å². The third-order valence-corrected chi connectivity index (χ3v) is 4.82. The zero-order valence-electron chi connectivity index (χ0n) is 13.3. The average Bonchev–Trinajstić information content (AvgIpc) is 2.42. The summed E-state index contributed by atoms with van der Waals surface area (Å²) in [5, 5.41) is 0.991. The first kappa shape index (κ1) is 18.8. The Hall–Kier alpha value is -0.263. The van der Waals surface area contributed by atoms with Gasteiger partial charge in [0.15, 0.2) is 9.04 Å². The molecule has 0 heterocycles. The van der Waals surface area contributed by atoms with Crippen LogP contribution in [-0.2, 0) is 4.43 Å². The van der Waals surface area contributed by atoms with E-state index in [9.17, 15) is 0 Å². The van der Waals surface area contributed by atoms with Crippen molar-refractivity contribution >= 4 is 37.9 Å². The second kappa shape index (κ2) is 9.01. The maximum Gasteiger partial charge on any atom is 0.171 e. The summed E-state index contributed by atoms with van der Waals surface area (Å²) < 4.78 is 6.20. The molecule has 6 heteroatoms. The molecule has 1 aromatic carbocycles. The largest absolute Gasteiger partial charge is 0.412 e. The monoisotopic (exact) mass is 348 g/mol. The van der Waals surface area contributed by atoms with Crippen LogP contribution in [0.1, 0.15) is 31.9 Å². The molecule has 0 saturated heterocycles. The average molecular weight is 349 g/mol. The fourth-order valence-electron chi connectivity index (χ4n) is 2.27. The lowest BCUT2D eigenvalue weighted by atomic mass is 10.1. The van der Waals surface area contributed by atoms with E-state index in [-0.39, 0.29) is 6.10 Å². The van der Waals surface area contributed by atoms with Crippen molar-refractivity contribution in [1.29, 1.82) is 0 Å². The van der Waals surface area contributed by atoms with Crippen LogP contribution in [0.5, 0.6) is 0 Å². The molecule has 0 saturated carbocycles. The summed E-state index contributed by atoms with van der Waals surface area (Å²) in [5.74, 6) is 0. The molecule has 0 spiro atoms. The molecule has 2 N–H and O–H groups in total. The van der Waals surface area contributed by atoms with Gasteiger partial charge in [-0.15, -0.1) is 0 Å². The highest BCUT2D eigenvalue weighted by atomic mass is 35.5. The minimum Gasteiger partial charge on any atom is -0.412 e. The number of hydrogen-bond donors (Lipinski definition) is 1. The van der Waals surface area contributed by atoms with Gasteiger partial charge in [-0.2, -0.15) is 0 Å².